The summed E-state index contributed by atoms with van der Waals surface area (Å²) in [5, 5.41) is 7.76. The number of furan rings is 1. The molecule has 0 spiro atoms. The molecule has 0 amide bonds. The van der Waals surface area contributed by atoms with Crippen LogP contribution in [0, 0.1) is 6.92 Å². The van der Waals surface area contributed by atoms with Gasteiger partial charge in [-0.3, -0.25) is 14.6 Å². The smallest absolute Gasteiger partial charge is 0.194 e. The lowest BCUT2D eigenvalue weighted by molar-refractivity contribution is -0.00829. The van der Waals surface area contributed by atoms with E-state index in [-0.39, 0.29) is 12.1 Å². The zero-order valence-electron chi connectivity index (χ0n) is 18.8. The minimum atomic E-state index is -0.00549. The maximum atomic E-state index is 6.01. The van der Waals surface area contributed by atoms with Gasteiger partial charge in [0.25, 0.3) is 0 Å². The molecular formula is C22H34N6O3. The highest BCUT2D eigenvalue weighted by Gasteiger charge is 2.28. The molecule has 4 heterocycles. The molecule has 2 fully saturated rings. The molecule has 0 bridgehead atoms. The number of nitrogens with one attached hydrogen (secondary N) is 1. The molecule has 9 heteroatoms. The number of hydrogen-bond acceptors (Lipinski definition) is 6. The summed E-state index contributed by atoms with van der Waals surface area (Å²) < 4.78 is 19.4. The number of nitrogens with zero attached hydrogens (tertiary/aromatic N) is 5. The van der Waals surface area contributed by atoms with Crippen LogP contribution in [0.15, 0.2) is 33.9 Å². The lowest BCUT2D eigenvalue weighted by Gasteiger charge is -2.36. The Morgan fingerprint density at radius 3 is 2.77 bits per heavy atom. The molecule has 2 atom stereocenters. The van der Waals surface area contributed by atoms with Gasteiger partial charge in [0.2, 0.25) is 0 Å². The predicted molar refractivity (Wildman–Crippen MR) is 118 cm³/mol. The summed E-state index contributed by atoms with van der Waals surface area (Å²) in [6.07, 6.45) is 3.90. The van der Waals surface area contributed by atoms with Gasteiger partial charge >= 0.3 is 0 Å². The molecule has 2 aliphatic rings. The van der Waals surface area contributed by atoms with E-state index in [2.05, 4.69) is 33.2 Å². The molecule has 2 aromatic heterocycles. The summed E-state index contributed by atoms with van der Waals surface area (Å²) in [5.74, 6) is 2.81. The number of hydrogen-bond donors (Lipinski definition) is 1. The van der Waals surface area contributed by atoms with Crippen LogP contribution >= 0.6 is 0 Å². The van der Waals surface area contributed by atoms with Crippen LogP contribution in [0.1, 0.15) is 36.2 Å². The van der Waals surface area contributed by atoms with Crippen molar-refractivity contribution in [3.63, 3.8) is 0 Å². The Morgan fingerprint density at radius 2 is 2.10 bits per heavy atom. The second-order valence-electron chi connectivity index (χ2n) is 8.06. The number of morpholine rings is 2. The Bertz CT molecular complexity index is 857. The predicted octanol–water partition coefficient (Wildman–Crippen LogP) is 1.73. The van der Waals surface area contributed by atoms with Gasteiger partial charge in [-0.2, -0.15) is 5.10 Å². The second kappa shape index (κ2) is 10.3. The van der Waals surface area contributed by atoms with Gasteiger partial charge in [-0.25, -0.2) is 0 Å². The summed E-state index contributed by atoms with van der Waals surface area (Å²) in [6, 6.07) is 4.20. The molecule has 0 radical (unpaired) electrons. The van der Waals surface area contributed by atoms with Crippen molar-refractivity contribution in [3.05, 3.63) is 41.6 Å². The highest BCUT2D eigenvalue weighted by Crippen LogP contribution is 2.25. The van der Waals surface area contributed by atoms with Crippen molar-refractivity contribution >= 4 is 5.96 Å². The van der Waals surface area contributed by atoms with Gasteiger partial charge in [-0.1, -0.05) is 0 Å². The van der Waals surface area contributed by atoms with Gasteiger partial charge in [0.15, 0.2) is 5.96 Å². The summed E-state index contributed by atoms with van der Waals surface area (Å²) in [6.45, 7) is 11.0. The molecule has 1 N–H and O–H groups in total. The number of aromatic nitrogens is 2. The third kappa shape index (κ3) is 5.47. The minimum absolute atomic E-state index is 0.00549. The molecule has 4 rings (SSSR count). The van der Waals surface area contributed by atoms with Crippen LogP contribution in [0.4, 0.5) is 0 Å². The molecule has 31 heavy (non-hydrogen) atoms. The Kier molecular flexibility index (Phi) is 7.26. The van der Waals surface area contributed by atoms with Crippen molar-refractivity contribution in [1.82, 2.24) is 24.9 Å². The number of aryl methyl sites for hydroxylation is 2. The van der Waals surface area contributed by atoms with Gasteiger partial charge in [0.05, 0.1) is 45.1 Å². The van der Waals surface area contributed by atoms with E-state index in [1.807, 2.05) is 37.1 Å². The van der Waals surface area contributed by atoms with Crippen molar-refractivity contribution in [2.75, 3.05) is 59.1 Å². The average molecular weight is 431 g/mol. The van der Waals surface area contributed by atoms with Gasteiger partial charge in [-0.15, -0.1) is 0 Å². The first-order valence-electron chi connectivity index (χ1n) is 11.2. The minimum Gasteiger partial charge on any atom is -0.465 e. The van der Waals surface area contributed by atoms with Crippen LogP contribution < -0.4 is 5.32 Å². The fourth-order valence-corrected chi connectivity index (χ4v) is 4.16. The Balaban J connectivity index is 1.50. The highest BCUT2D eigenvalue weighted by atomic mass is 16.5. The third-order valence-corrected chi connectivity index (χ3v) is 5.79. The first kappa shape index (κ1) is 21.9. The molecule has 0 aliphatic carbocycles. The fourth-order valence-electron chi connectivity index (χ4n) is 4.16. The van der Waals surface area contributed by atoms with Crippen LogP contribution in [0.5, 0.6) is 0 Å². The lowest BCUT2D eigenvalue weighted by Crippen LogP contribution is -2.48. The van der Waals surface area contributed by atoms with E-state index in [1.165, 1.54) is 0 Å². The van der Waals surface area contributed by atoms with Crippen molar-refractivity contribution in [2.45, 2.75) is 26.0 Å². The molecule has 9 nitrogen and oxygen atoms in total. The first-order valence-corrected chi connectivity index (χ1v) is 11.2. The molecule has 2 saturated heterocycles. The summed E-state index contributed by atoms with van der Waals surface area (Å²) in [7, 11) is 1.93. The van der Waals surface area contributed by atoms with E-state index in [9.17, 15) is 0 Å². The maximum Gasteiger partial charge on any atom is 0.194 e. The number of rotatable bonds is 6. The van der Waals surface area contributed by atoms with E-state index in [1.54, 1.807) is 0 Å². The molecule has 0 saturated carbocycles. The molecule has 170 valence electrons. The largest absolute Gasteiger partial charge is 0.465 e. The monoisotopic (exact) mass is 430 g/mol. The van der Waals surface area contributed by atoms with Crippen molar-refractivity contribution in [2.24, 2.45) is 12.0 Å². The van der Waals surface area contributed by atoms with Crippen LogP contribution in [0.25, 0.3) is 0 Å². The molecule has 2 aromatic rings. The third-order valence-electron chi connectivity index (χ3n) is 5.79. The number of aliphatic imine (C=N–C) groups is 1. The van der Waals surface area contributed by atoms with Crippen molar-refractivity contribution < 1.29 is 13.9 Å². The Labute approximate surface area is 184 Å². The SMILES string of the molecule is CCNC(=NCC(c1ccc(C)o1)N1CCOCC1)N1CCOC(c2cnn(C)c2)C1. The van der Waals surface area contributed by atoms with Gasteiger partial charge in [0.1, 0.15) is 17.6 Å². The molecule has 0 aromatic carbocycles. The summed E-state index contributed by atoms with van der Waals surface area (Å²) >= 11 is 0. The summed E-state index contributed by atoms with van der Waals surface area (Å²) in [5.41, 5.74) is 1.10. The fraction of sp³-hybridized carbons (Fsp3) is 0.636. The number of ether oxygens (including phenoxy) is 2. The van der Waals surface area contributed by atoms with Gasteiger partial charge < -0.3 is 24.1 Å². The van der Waals surface area contributed by atoms with Crippen LogP contribution in [-0.2, 0) is 16.5 Å². The zero-order valence-corrected chi connectivity index (χ0v) is 18.8. The molecule has 2 unspecified atom stereocenters. The lowest BCUT2D eigenvalue weighted by atomic mass is 10.1. The van der Waals surface area contributed by atoms with Gasteiger partial charge in [-0.05, 0) is 26.0 Å². The normalized spacial score (nSPS) is 22.0. The topological polar surface area (TPSA) is 80.3 Å². The van der Waals surface area contributed by atoms with E-state index < -0.39 is 0 Å². The quantitative estimate of drug-likeness (QED) is 0.552. The van der Waals surface area contributed by atoms with E-state index in [4.69, 9.17) is 18.9 Å². The Morgan fingerprint density at radius 1 is 1.26 bits per heavy atom. The maximum absolute atomic E-state index is 6.01. The number of guanidine groups is 1. The van der Waals surface area contributed by atoms with Crippen LogP contribution in [0.3, 0.4) is 0 Å². The standard InChI is InChI=1S/C22H34N6O3/c1-4-23-22(28-9-12-30-21(16-28)18-13-25-26(3)15-18)24-14-19(20-6-5-17(2)31-20)27-7-10-29-11-8-27/h5-6,13,15,19,21H,4,7-12,14,16H2,1-3H3,(H,23,24). The first-order chi connectivity index (χ1) is 15.1. The van der Waals surface area contributed by atoms with Gasteiger partial charge in [0, 0.05) is 45.0 Å². The molecule has 2 aliphatic heterocycles. The van der Waals surface area contributed by atoms with E-state index >= 15 is 0 Å². The van der Waals surface area contributed by atoms with Crippen molar-refractivity contribution in [1.29, 1.82) is 0 Å². The average Bonchev–Trinajstić information content (AvgIpc) is 3.42. The van der Waals surface area contributed by atoms with Crippen LogP contribution in [0.2, 0.25) is 0 Å². The summed E-state index contributed by atoms with van der Waals surface area (Å²) in [4.78, 5) is 9.74. The van der Waals surface area contributed by atoms with E-state index in [0.717, 1.165) is 69.0 Å². The van der Waals surface area contributed by atoms with Crippen molar-refractivity contribution in [3.8, 4) is 0 Å². The zero-order chi connectivity index (χ0) is 21.6. The highest BCUT2D eigenvalue weighted by molar-refractivity contribution is 5.80. The second-order valence-corrected chi connectivity index (χ2v) is 8.06. The Hall–Kier alpha value is -2.36. The molecular weight excluding hydrogens is 396 g/mol. The van der Waals surface area contributed by atoms with E-state index in [0.29, 0.717) is 13.2 Å². The van der Waals surface area contributed by atoms with Crippen LogP contribution in [-0.4, -0.2) is 84.6 Å².